The van der Waals surface area contributed by atoms with E-state index in [9.17, 15) is 18.4 Å². The van der Waals surface area contributed by atoms with Crippen LogP contribution in [0.5, 0.6) is 0 Å². The van der Waals surface area contributed by atoms with E-state index in [1.165, 1.54) is 11.0 Å². The number of halogens is 2. The zero-order valence-electron chi connectivity index (χ0n) is 13.8. The Hall–Kier alpha value is -1.98. The number of hydrogen-bond donors (Lipinski definition) is 0. The van der Waals surface area contributed by atoms with Crippen LogP contribution in [0.1, 0.15) is 39.0 Å². The summed E-state index contributed by atoms with van der Waals surface area (Å²) >= 11 is 0. The van der Waals surface area contributed by atoms with Crippen LogP contribution in [-0.4, -0.2) is 35.8 Å². The molecule has 2 aliphatic rings. The van der Waals surface area contributed by atoms with Crippen molar-refractivity contribution in [3.63, 3.8) is 0 Å². The molecule has 1 aliphatic heterocycles. The van der Waals surface area contributed by atoms with E-state index < -0.39 is 17.6 Å². The van der Waals surface area contributed by atoms with Crippen LogP contribution in [0.4, 0.5) is 14.5 Å². The lowest BCUT2D eigenvalue weighted by Crippen LogP contribution is -2.39. The summed E-state index contributed by atoms with van der Waals surface area (Å²) in [6.07, 6.45) is 4.47. The van der Waals surface area contributed by atoms with E-state index in [2.05, 4.69) is 0 Å². The van der Waals surface area contributed by atoms with Gasteiger partial charge in [0.15, 0.2) is 11.6 Å². The first-order valence-electron chi connectivity index (χ1n) is 8.57. The molecule has 2 fully saturated rings. The molecule has 1 saturated heterocycles. The third-order valence-corrected chi connectivity index (χ3v) is 5.07. The van der Waals surface area contributed by atoms with E-state index in [1.54, 1.807) is 6.92 Å². The van der Waals surface area contributed by atoms with E-state index in [-0.39, 0.29) is 24.3 Å². The molecular weight excluding hydrogens is 314 g/mol. The van der Waals surface area contributed by atoms with Crippen molar-refractivity contribution in [1.29, 1.82) is 0 Å². The molecular formula is C18H22F2N2O2. The molecule has 1 aliphatic carbocycles. The Bertz CT molecular complexity index is 644. The maximum absolute atomic E-state index is 13.5. The molecule has 1 aromatic carbocycles. The summed E-state index contributed by atoms with van der Waals surface area (Å²) in [4.78, 5) is 28.3. The number of amides is 2. The average molecular weight is 336 g/mol. The van der Waals surface area contributed by atoms with Crippen molar-refractivity contribution in [2.45, 2.75) is 45.1 Å². The highest BCUT2D eigenvalue weighted by Crippen LogP contribution is 2.31. The van der Waals surface area contributed by atoms with Crippen molar-refractivity contribution in [2.24, 2.45) is 5.92 Å². The normalized spacial score (nSPS) is 21.5. The van der Waals surface area contributed by atoms with Gasteiger partial charge in [-0.05, 0) is 31.9 Å². The molecule has 0 spiro atoms. The van der Waals surface area contributed by atoms with E-state index in [4.69, 9.17) is 0 Å². The van der Waals surface area contributed by atoms with Crippen molar-refractivity contribution in [3.8, 4) is 0 Å². The van der Waals surface area contributed by atoms with Gasteiger partial charge >= 0.3 is 0 Å². The van der Waals surface area contributed by atoms with Gasteiger partial charge in [0.05, 0.1) is 5.92 Å². The quantitative estimate of drug-likeness (QED) is 0.848. The third-order valence-electron chi connectivity index (χ3n) is 5.07. The molecule has 2 amide bonds. The zero-order valence-corrected chi connectivity index (χ0v) is 13.8. The standard InChI is InChI=1S/C18H22F2N2O2/c1-2-21(14-7-8-15(19)16(20)10-14)18(24)12-9-17(23)22(11-12)13-5-3-4-6-13/h7-8,10,12-13H,2-6,9,11H2,1H3. The lowest BCUT2D eigenvalue weighted by molar-refractivity contribution is -0.130. The summed E-state index contributed by atoms with van der Waals surface area (Å²) in [5, 5.41) is 0. The molecule has 1 heterocycles. The molecule has 1 saturated carbocycles. The van der Waals surface area contributed by atoms with Crippen molar-refractivity contribution < 1.29 is 18.4 Å². The Morgan fingerprint density at radius 1 is 1.25 bits per heavy atom. The Labute approximate surface area is 140 Å². The van der Waals surface area contributed by atoms with Gasteiger partial charge in [-0.2, -0.15) is 0 Å². The summed E-state index contributed by atoms with van der Waals surface area (Å²) in [7, 11) is 0. The Balaban J connectivity index is 1.74. The Morgan fingerprint density at radius 2 is 1.96 bits per heavy atom. The van der Waals surface area contributed by atoms with Gasteiger partial charge in [0, 0.05) is 37.3 Å². The predicted octanol–water partition coefficient (Wildman–Crippen LogP) is 3.11. The first kappa shape index (κ1) is 16.9. The summed E-state index contributed by atoms with van der Waals surface area (Å²) < 4.78 is 26.6. The maximum atomic E-state index is 13.5. The molecule has 1 aromatic rings. The summed E-state index contributed by atoms with van der Waals surface area (Å²) in [5.74, 6) is -2.50. The predicted molar refractivity (Wildman–Crippen MR) is 86.5 cm³/mol. The highest BCUT2D eigenvalue weighted by Gasteiger charge is 2.40. The SMILES string of the molecule is CCN(C(=O)C1CC(=O)N(C2CCCC2)C1)c1ccc(F)c(F)c1. The van der Waals surface area contributed by atoms with Crippen LogP contribution in [0.25, 0.3) is 0 Å². The van der Waals surface area contributed by atoms with Gasteiger partial charge in [-0.3, -0.25) is 9.59 Å². The van der Waals surface area contributed by atoms with Gasteiger partial charge in [-0.25, -0.2) is 8.78 Å². The van der Waals surface area contributed by atoms with Crippen LogP contribution in [0, 0.1) is 17.6 Å². The van der Waals surface area contributed by atoms with Gasteiger partial charge in [-0.15, -0.1) is 0 Å². The van der Waals surface area contributed by atoms with E-state index in [0.717, 1.165) is 37.8 Å². The van der Waals surface area contributed by atoms with E-state index in [0.29, 0.717) is 18.8 Å². The first-order chi connectivity index (χ1) is 11.5. The Kier molecular flexibility index (Phi) is 4.83. The van der Waals surface area contributed by atoms with Crippen LogP contribution >= 0.6 is 0 Å². The number of anilines is 1. The number of hydrogen-bond acceptors (Lipinski definition) is 2. The number of carbonyl (C=O) groups is 2. The van der Waals surface area contributed by atoms with Crippen molar-refractivity contribution in [1.82, 2.24) is 4.90 Å². The molecule has 24 heavy (non-hydrogen) atoms. The summed E-state index contributed by atoms with van der Waals surface area (Å²) in [5.41, 5.74) is 0.327. The zero-order chi connectivity index (χ0) is 17.3. The number of likely N-dealkylation sites (tertiary alicyclic amines) is 1. The molecule has 0 radical (unpaired) electrons. The third kappa shape index (κ3) is 3.14. The highest BCUT2D eigenvalue weighted by molar-refractivity contribution is 5.99. The summed E-state index contributed by atoms with van der Waals surface area (Å²) in [6.45, 7) is 2.56. The molecule has 130 valence electrons. The van der Waals surface area contributed by atoms with Gasteiger partial charge in [0.25, 0.3) is 0 Å². The van der Waals surface area contributed by atoms with Gasteiger partial charge < -0.3 is 9.80 Å². The maximum Gasteiger partial charge on any atom is 0.232 e. The second-order valence-electron chi connectivity index (χ2n) is 6.57. The van der Waals surface area contributed by atoms with Gasteiger partial charge in [0.1, 0.15) is 0 Å². The lowest BCUT2D eigenvalue weighted by atomic mass is 10.1. The van der Waals surface area contributed by atoms with Crippen LogP contribution in [0.15, 0.2) is 18.2 Å². The lowest BCUT2D eigenvalue weighted by Gasteiger charge is -2.26. The van der Waals surface area contributed by atoms with Gasteiger partial charge in [-0.1, -0.05) is 12.8 Å². The van der Waals surface area contributed by atoms with Crippen LogP contribution in [0.3, 0.4) is 0 Å². The van der Waals surface area contributed by atoms with Crippen LogP contribution in [-0.2, 0) is 9.59 Å². The van der Waals surface area contributed by atoms with E-state index in [1.807, 2.05) is 4.90 Å². The highest BCUT2D eigenvalue weighted by atomic mass is 19.2. The van der Waals surface area contributed by atoms with Crippen molar-refractivity contribution in [2.75, 3.05) is 18.0 Å². The number of benzene rings is 1. The molecule has 4 nitrogen and oxygen atoms in total. The number of rotatable bonds is 4. The molecule has 6 heteroatoms. The van der Waals surface area contributed by atoms with Crippen LogP contribution in [0.2, 0.25) is 0 Å². The largest absolute Gasteiger partial charge is 0.339 e. The van der Waals surface area contributed by atoms with Crippen molar-refractivity contribution >= 4 is 17.5 Å². The fourth-order valence-electron chi connectivity index (χ4n) is 3.80. The fraction of sp³-hybridized carbons (Fsp3) is 0.556. The minimum absolute atomic E-state index is 0.0292. The number of nitrogens with zero attached hydrogens (tertiary/aromatic N) is 2. The second-order valence-corrected chi connectivity index (χ2v) is 6.57. The first-order valence-corrected chi connectivity index (χ1v) is 8.57. The second kappa shape index (κ2) is 6.87. The smallest absolute Gasteiger partial charge is 0.232 e. The molecule has 3 rings (SSSR count). The number of carbonyl (C=O) groups excluding carboxylic acids is 2. The van der Waals surface area contributed by atoms with Crippen molar-refractivity contribution in [3.05, 3.63) is 29.8 Å². The molecule has 1 unspecified atom stereocenters. The molecule has 0 bridgehead atoms. The minimum atomic E-state index is -0.978. The fourth-order valence-corrected chi connectivity index (χ4v) is 3.80. The van der Waals surface area contributed by atoms with Gasteiger partial charge in [0.2, 0.25) is 11.8 Å². The monoisotopic (exact) mass is 336 g/mol. The minimum Gasteiger partial charge on any atom is -0.339 e. The topological polar surface area (TPSA) is 40.6 Å². The molecule has 1 atom stereocenters. The molecule has 0 aromatic heterocycles. The summed E-state index contributed by atoms with van der Waals surface area (Å²) in [6, 6.07) is 3.70. The average Bonchev–Trinajstić information content (AvgIpc) is 3.20. The Morgan fingerprint density at radius 3 is 2.58 bits per heavy atom. The van der Waals surface area contributed by atoms with Crippen LogP contribution < -0.4 is 4.90 Å². The van der Waals surface area contributed by atoms with E-state index >= 15 is 0 Å². The molecule has 0 N–H and O–H groups in total.